The Morgan fingerprint density at radius 1 is 0.914 bits per heavy atom. The van der Waals surface area contributed by atoms with E-state index < -0.39 is 5.91 Å². The van der Waals surface area contributed by atoms with Gasteiger partial charge in [-0.25, -0.2) is 5.43 Å². The molecule has 0 atom stereocenters. The van der Waals surface area contributed by atoms with Crippen molar-refractivity contribution in [2.24, 2.45) is 5.10 Å². The zero-order chi connectivity index (χ0) is 24.5. The molecule has 0 radical (unpaired) electrons. The van der Waals surface area contributed by atoms with E-state index in [1.807, 2.05) is 0 Å². The van der Waals surface area contributed by atoms with Gasteiger partial charge in [0, 0.05) is 26.4 Å². The van der Waals surface area contributed by atoms with Gasteiger partial charge in [0.2, 0.25) is 6.79 Å². The van der Waals surface area contributed by atoms with E-state index in [0.29, 0.717) is 43.4 Å². The van der Waals surface area contributed by atoms with Crippen molar-refractivity contribution in [1.29, 1.82) is 0 Å². The van der Waals surface area contributed by atoms with E-state index in [1.165, 1.54) is 11.3 Å². The first-order valence-electron chi connectivity index (χ1n) is 10.4. The summed E-state index contributed by atoms with van der Waals surface area (Å²) in [5.41, 5.74) is 4.99. The second-order valence-electron chi connectivity index (χ2n) is 7.62. The third-order valence-corrected chi connectivity index (χ3v) is 7.21. The van der Waals surface area contributed by atoms with Crippen LogP contribution in [0.1, 0.15) is 32.5 Å². The number of ether oxygens (including phenoxy) is 2. The first-order valence-corrected chi connectivity index (χ1v) is 12.0. The normalized spacial score (nSPS) is 12.6. The van der Waals surface area contributed by atoms with E-state index in [0.717, 1.165) is 15.6 Å². The van der Waals surface area contributed by atoms with E-state index in [1.54, 1.807) is 67.6 Å². The molecule has 1 aliphatic rings. The third-order valence-electron chi connectivity index (χ3n) is 5.32. The molecule has 4 aromatic rings. The number of thiophene rings is 1. The summed E-state index contributed by atoms with van der Waals surface area (Å²) in [5, 5.41) is 8.75. The highest BCUT2D eigenvalue weighted by atomic mass is 35.5. The fourth-order valence-electron chi connectivity index (χ4n) is 3.47. The molecular formula is C25H17Cl2N3O4S. The molecule has 1 aromatic heterocycles. The van der Waals surface area contributed by atoms with Crippen molar-refractivity contribution >= 4 is 67.8 Å². The van der Waals surface area contributed by atoms with E-state index in [2.05, 4.69) is 15.8 Å². The quantitative estimate of drug-likeness (QED) is 0.235. The number of carbonyl (C=O) groups is 2. The minimum Gasteiger partial charge on any atom is -0.454 e. The lowest BCUT2D eigenvalue weighted by Crippen LogP contribution is -2.18. The molecule has 2 heterocycles. The van der Waals surface area contributed by atoms with Crippen LogP contribution in [0, 0.1) is 0 Å². The van der Waals surface area contributed by atoms with Gasteiger partial charge < -0.3 is 14.8 Å². The number of benzene rings is 3. The molecule has 3 aromatic carbocycles. The summed E-state index contributed by atoms with van der Waals surface area (Å²) in [7, 11) is 0. The Hall–Kier alpha value is -3.59. The summed E-state index contributed by atoms with van der Waals surface area (Å²) in [6.07, 6.45) is 0. The lowest BCUT2D eigenvalue weighted by atomic mass is 10.1. The van der Waals surface area contributed by atoms with Crippen molar-refractivity contribution in [1.82, 2.24) is 5.43 Å². The van der Waals surface area contributed by atoms with Crippen molar-refractivity contribution in [2.75, 3.05) is 12.1 Å². The number of fused-ring (bicyclic) bond motifs is 2. The second kappa shape index (κ2) is 9.58. The fraction of sp³-hybridized carbons (Fsp3) is 0.0800. The van der Waals surface area contributed by atoms with Crippen LogP contribution in [0.4, 0.5) is 5.69 Å². The Labute approximate surface area is 214 Å². The number of hydrogen-bond acceptors (Lipinski definition) is 6. The van der Waals surface area contributed by atoms with Crippen LogP contribution in [0.15, 0.2) is 65.8 Å². The standard InChI is InChI=1S/C25H17Cl2N3O4S/c1-13(29-30-25(32)23-22(27)18-8-5-16(26)11-21(18)35-23)14-2-6-17(7-3-14)28-24(31)15-4-9-19-20(10-15)34-12-33-19/h2-11H,12H2,1H3,(H,28,31)(H,30,32)/b29-13-. The SMILES string of the molecule is C/C(=N/NC(=O)c1sc2cc(Cl)ccc2c1Cl)c1ccc(NC(=O)c2ccc3c(c2)OCO3)cc1. The molecule has 0 saturated heterocycles. The van der Waals surface area contributed by atoms with Crippen LogP contribution in [0.25, 0.3) is 10.1 Å². The number of hydrazone groups is 1. The Balaban J connectivity index is 1.24. The van der Waals surface area contributed by atoms with Crippen LogP contribution < -0.4 is 20.2 Å². The number of hydrogen-bond donors (Lipinski definition) is 2. The second-order valence-corrected chi connectivity index (χ2v) is 9.49. The lowest BCUT2D eigenvalue weighted by molar-refractivity contribution is 0.0958. The monoisotopic (exact) mass is 525 g/mol. The maximum Gasteiger partial charge on any atom is 0.283 e. The predicted octanol–water partition coefficient (Wildman–Crippen LogP) is 6.34. The van der Waals surface area contributed by atoms with Crippen molar-refractivity contribution < 1.29 is 19.1 Å². The van der Waals surface area contributed by atoms with Gasteiger partial charge in [0.1, 0.15) is 4.88 Å². The van der Waals surface area contributed by atoms with Gasteiger partial charge in [-0.15, -0.1) is 11.3 Å². The number of amides is 2. The van der Waals surface area contributed by atoms with Crippen LogP contribution in [-0.2, 0) is 0 Å². The van der Waals surface area contributed by atoms with Gasteiger partial charge in [0.05, 0.1) is 10.7 Å². The Morgan fingerprint density at radius 3 is 2.46 bits per heavy atom. The van der Waals surface area contributed by atoms with E-state index in [9.17, 15) is 9.59 Å². The van der Waals surface area contributed by atoms with Gasteiger partial charge in [0.15, 0.2) is 11.5 Å². The molecule has 5 rings (SSSR count). The molecule has 0 spiro atoms. The third kappa shape index (κ3) is 4.81. The van der Waals surface area contributed by atoms with Gasteiger partial charge >= 0.3 is 0 Å². The van der Waals surface area contributed by atoms with Gasteiger partial charge in [-0.05, 0) is 55.0 Å². The highest BCUT2D eigenvalue weighted by Gasteiger charge is 2.18. The molecule has 2 amide bonds. The zero-order valence-electron chi connectivity index (χ0n) is 18.2. The van der Waals surface area contributed by atoms with Crippen LogP contribution in [-0.4, -0.2) is 24.3 Å². The number of rotatable bonds is 5. The average Bonchev–Trinajstić information content (AvgIpc) is 3.46. The maximum absolute atomic E-state index is 12.6. The molecule has 0 aliphatic carbocycles. The Bertz CT molecular complexity index is 1500. The molecule has 0 unspecified atom stereocenters. The van der Waals surface area contributed by atoms with Crippen molar-refractivity contribution in [3.63, 3.8) is 0 Å². The summed E-state index contributed by atoms with van der Waals surface area (Å²) in [4.78, 5) is 25.6. The predicted molar refractivity (Wildman–Crippen MR) is 138 cm³/mol. The maximum atomic E-state index is 12.6. The van der Waals surface area contributed by atoms with Crippen LogP contribution in [0.2, 0.25) is 10.0 Å². The van der Waals surface area contributed by atoms with Crippen molar-refractivity contribution in [2.45, 2.75) is 6.92 Å². The molecule has 0 saturated carbocycles. The molecular weight excluding hydrogens is 509 g/mol. The smallest absolute Gasteiger partial charge is 0.283 e. The first kappa shape index (κ1) is 23.2. The number of nitrogens with one attached hydrogen (secondary N) is 2. The van der Waals surface area contributed by atoms with Crippen LogP contribution >= 0.6 is 34.5 Å². The van der Waals surface area contributed by atoms with Crippen LogP contribution in [0.3, 0.4) is 0 Å². The van der Waals surface area contributed by atoms with Gasteiger partial charge in [0.25, 0.3) is 11.8 Å². The fourth-order valence-corrected chi connectivity index (χ4v) is 5.15. The zero-order valence-corrected chi connectivity index (χ0v) is 20.6. The highest BCUT2D eigenvalue weighted by Crippen LogP contribution is 2.36. The lowest BCUT2D eigenvalue weighted by Gasteiger charge is -2.07. The van der Waals surface area contributed by atoms with Gasteiger partial charge in [-0.3, -0.25) is 9.59 Å². The van der Waals surface area contributed by atoms with Crippen LogP contribution in [0.5, 0.6) is 11.5 Å². The molecule has 0 fully saturated rings. The number of anilines is 1. The Kier molecular flexibility index (Phi) is 6.34. The number of halogens is 2. The largest absolute Gasteiger partial charge is 0.454 e. The summed E-state index contributed by atoms with van der Waals surface area (Å²) in [6, 6.07) is 17.4. The van der Waals surface area contributed by atoms with Crippen molar-refractivity contribution in [3.05, 3.63) is 86.7 Å². The summed E-state index contributed by atoms with van der Waals surface area (Å²) < 4.78 is 11.4. The summed E-state index contributed by atoms with van der Waals surface area (Å²) in [6.45, 7) is 1.92. The minimum atomic E-state index is -0.403. The molecule has 1 aliphatic heterocycles. The van der Waals surface area contributed by atoms with Crippen molar-refractivity contribution in [3.8, 4) is 11.5 Å². The average molecular weight is 526 g/mol. The molecule has 2 N–H and O–H groups in total. The first-order chi connectivity index (χ1) is 16.9. The molecule has 7 nitrogen and oxygen atoms in total. The topological polar surface area (TPSA) is 89.0 Å². The molecule has 0 bridgehead atoms. The van der Waals surface area contributed by atoms with Gasteiger partial charge in [-0.2, -0.15) is 5.10 Å². The van der Waals surface area contributed by atoms with E-state index in [4.69, 9.17) is 32.7 Å². The minimum absolute atomic E-state index is 0.148. The van der Waals surface area contributed by atoms with E-state index >= 15 is 0 Å². The highest BCUT2D eigenvalue weighted by molar-refractivity contribution is 7.21. The number of nitrogens with zero attached hydrogens (tertiary/aromatic N) is 1. The van der Waals surface area contributed by atoms with Gasteiger partial charge in [-0.1, -0.05) is 41.4 Å². The summed E-state index contributed by atoms with van der Waals surface area (Å²) in [5.74, 6) is 0.490. The number of carbonyl (C=O) groups excluding carboxylic acids is 2. The molecule has 10 heteroatoms. The summed E-state index contributed by atoms with van der Waals surface area (Å²) >= 11 is 13.7. The Morgan fingerprint density at radius 2 is 1.66 bits per heavy atom. The van der Waals surface area contributed by atoms with E-state index in [-0.39, 0.29) is 12.7 Å². The molecule has 176 valence electrons. The molecule has 35 heavy (non-hydrogen) atoms.